The highest BCUT2D eigenvalue weighted by molar-refractivity contribution is 5.92. The first-order valence-electron chi connectivity index (χ1n) is 6.54. The van der Waals surface area contributed by atoms with Gasteiger partial charge in [0.25, 0.3) is 5.91 Å². The summed E-state index contributed by atoms with van der Waals surface area (Å²) >= 11 is 0. The standard InChI is InChI=1S/C12H12F3N5O2/c1-19-8(2-4-16-19)10(21)20-5-3-7(6-20)9-17-11(22-18-9)12(13,14)15/h2,4,7H,3,5-6H2,1H3/t7-/m1/s1. The lowest BCUT2D eigenvalue weighted by atomic mass is 10.1. The van der Waals surface area contributed by atoms with E-state index in [0.29, 0.717) is 18.7 Å². The number of amides is 1. The van der Waals surface area contributed by atoms with Crippen molar-refractivity contribution in [2.24, 2.45) is 7.05 Å². The molecule has 3 rings (SSSR count). The second kappa shape index (κ2) is 5.11. The maximum absolute atomic E-state index is 12.5. The van der Waals surface area contributed by atoms with Crippen LogP contribution in [0.2, 0.25) is 0 Å². The van der Waals surface area contributed by atoms with Crippen LogP contribution in [0.25, 0.3) is 0 Å². The highest BCUT2D eigenvalue weighted by Crippen LogP contribution is 2.31. The van der Waals surface area contributed by atoms with Crippen molar-refractivity contribution in [1.82, 2.24) is 24.8 Å². The maximum atomic E-state index is 12.5. The minimum absolute atomic E-state index is 0.0207. The lowest BCUT2D eigenvalue weighted by Crippen LogP contribution is -2.30. The Morgan fingerprint density at radius 1 is 1.45 bits per heavy atom. The molecule has 2 aromatic heterocycles. The first-order chi connectivity index (χ1) is 10.4. The van der Waals surface area contributed by atoms with E-state index in [4.69, 9.17) is 0 Å². The molecule has 22 heavy (non-hydrogen) atoms. The van der Waals surface area contributed by atoms with Gasteiger partial charge >= 0.3 is 12.1 Å². The SMILES string of the molecule is Cn1nccc1C(=O)N1CC[C@@H](c2noc(C(F)(F)F)n2)C1. The van der Waals surface area contributed by atoms with Gasteiger partial charge in [-0.25, -0.2) is 0 Å². The summed E-state index contributed by atoms with van der Waals surface area (Å²) in [6.07, 6.45) is -2.66. The summed E-state index contributed by atoms with van der Waals surface area (Å²) in [4.78, 5) is 17.2. The van der Waals surface area contributed by atoms with Crippen molar-refractivity contribution >= 4 is 5.91 Å². The molecule has 1 aliphatic heterocycles. The summed E-state index contributed by atoms with van der Waals surface area (Å²) in [5.74, 6) is -1.97. The van der Waals surface area contributed by atoms with Crippen LogP contribution in [-0.2, 0) is 13.2 Å². The molecular weight excluding hydrogens is 303 g/mol. The summed E-state index contributed by atoms with van der Waals surface area (Å²) in [6, 6.07) is 1.59. The van der Waals surface area contributed by atoms with Gasteiger partial charge in [0.2, 0.25) is 0 Å². The van der Waals surface area contributed by atoms with Gasteiger partial charge in [0.1, 0.15) is 5.69 Å². The second-order valence-corrected chi connectivity index (χ2v) is 5.03. The summed E-state index contributed by atoms with van der Waals surface area (Å²) in [6.45, 7) is 0.672. The minimum atomic E-state index is -4.66. The Bertz CT molecular complexity index is 693. The maximum Gasteiger partial charge on any atom is 0.471 e. The van der Waals surface area contributed by atoms with Gasteiger partial charge in [0.15, 0.2) is 5.82 Å². The molecule has 10 heteroatoms. The Morgan fingerprint density at radius 3 is 2.82 bits per heavy atom. The third-order valence-electron chi connectivity index (χ3n) is 3.56. The molecule has 0 saturated carbocycles. The molecule has 0 N–H and O–H groups in total. The molecule has 0 aromatic carbocycles. The first-order valence-corrected chi connectivity index (χ1v) is 6.54. The van der Waals surface area contributed by atoms with Crippen molar-refractivity contribution in [3.63, 3.8) is 0 Å². The largest absolute Gasteiger partial charge is 0.471 e. The van der Waals surface area contributed by atoms with E-state index in [1.165, 1.54) is 10.9 Å². The zero-order valence-electron chi connectivity index (χ0n) is 11.5. The number of rotatable bonds is 2. The van der Waals surface area contributed by atoms with Gasteiger partial charge in [-0.1, -0.05) is 5.16 Å². The van der Waals surface area contributed by atoms with Gasteiger partial charge in [0, 0.05) is 32.3 Å². The van der Waals surface area contributed by atoms with Crippen LogP contribution < -0.4 is 0 Å². The number of aryl methyl sites for hydroxylation is 1. The van der Waals surface area contributed by atoms with Crippen molar-refractivity contribution in [2.45, 2.75) is 18.5 Å². The number of nitrogens with zero attached hydrogens (tertiary/aromatic N) is 5. The Balaban J connectivity index is 1.71. The Labute approximate surface area is 122 Å². The number of hydrogen-bond acceptors (Lipinski definition) is 5. The van der Waals surface area contributed by atoms with Crippen LogP contribution in [-0.4, -0.2) is 43.8 Å². The van der Waals surface area contributed by atoms with Gasteiger partial charge in [-0.05, 0) is 12.5 Å². The number of halogens is 3. The van der Waals surface area contributed by atoms with E-state index in [1.54, 1.807) is 18.0 Å². The number of alkyl halides is 3. The Hall–Kier alpha value is -2.39. The molecule has 2 aromatic rings. The fraction of sp³-hybridized carbons (Fsp3) is 0.500. The zero-order valence-corrected chi connectivity index (χ0v) is 11.5. The molecule has 118 valence electrons. The van der Waals surface area contributed by atoms with Crippen molar-refractivity contribution in [2.75, 3.05) is 13.1 Å². The molecule has 0 spiro atoms. The molecule has 7 nitrogen and oxygen atoms in total. The van der Waals surface area contributed by atoms with Crippen LogP contribution in [0.1, 0.15) is 34.5 Å². The van der Waals surface area contributed by atoms with Crippen LogP contribution in [0.4, 0.5) is 13.2 Å². The molecule has 1 fully saturated rings. The normalized spacial score (nSPS) is 18.9. The van der Waals surface area contributed by atoms with E-state index < -0.39 is 12.1 Å². The van der Waals surface area contributed by atoms with E-state index in [1.807, 2.05) is 0 Å². The fourth-order valence-electron chi connectivity index (χ4n) is 2.42. The highest BCUT2D eigenvalue weighted by atomic mass is 19.4. The lowest BCUT2D eigenvalue weighted by molar-refractivity contribution is -0.159. The monoisotopic (exact) mass is 315 g/mol. The van der Waals surface area contributed by atoms with Gasteiger partial charge in [0.05, 0.1) is 0 Å². The zero-order chi connectivity index (χ0) is 15.9. The molecule has 1 amide bonds. The van der Waals surface area contributed by atoms with Crippen LogP contribution in [0.3, 0.4) is 0 Å². The molecule has 0 radical (unpaired) electrons. The summed E-state index contributed by atoms with van der Waals surface area (Å²) < 4.78 is 43.0. The van der Waals surface area contributed by atoms with Crippen LogP contribution in [0, 0.1) is 0 Å². The lowest BCUT2D eigenvalue weighted by Gasteiger charge is -2.15. The van der Waals surface area contributed by atoms with E-state index in [9.17, 15) is 18.0 Å². The third-order valence-corrected chi connectivity index (χ3v) is 3.56. The predicted molar refractivity (Wildman–Crippen MR) is 65.8 cm³/mol. The smallest absolute Gasteiger partial charge is 0.337 e. The average molecular weight is 315 g/mol. The number of carbonyl (C=O) groups excluding carboxylic acids is 1. The molecule has 0 unspecified atom stereocenters. The van der Waals surface area contributed by atoms with Crippen LogP contribution in [0.15, 0.2) is 16.8 Å². The first kappa shape index (κ1) is 14.5. The predicted octanol–water partition coefficient (Wildman–Crippen LogP) is 1.45. The van der Waals surface area contributed by atoms with E-state index >= 15 is 0 Å². The van der Waals surface area contributed by atoms with Gasteiger partial charge in [-0.2, -0.15) is 23.3 Å². The van der Waals surface area contributed by atoms with Gasteiger partial charge in [-0.15, -0.1) is 0 Å². The molecule has 1 aliphatic rings. The highest BCUT2D eigenvalue weighted by Gasteiger charge is 2.40. The summed E-state index contributed by atoms with van der Waals surface area (Å²) in [7, 11) is 1.65. The quantitative estimate of drug-likeness (QED) is 0.838. The van der Waals surface area contributed by atoms with E-state index in [2.05, 4.69) is 19.8 Å². The van der Waals surface area contributed by atoms with Crippen molar-refractivity contribution in [3.05, 3.63) is 29.7 Å². The van der Waals surface area contributed by atoms with E-state index in [0.717, 1.165) is 0 Å². The van der Waals surface area contributed by atoms with Gasteiger partial charge < -0.3 is 9.42 Å². The third kappa shape index (κ3) is 2.55. The van der Waals surface area contributed by atoms with Crippen LogP contribution in [0.5, 0.6) is 0 Å². The second-order valence-electron chi connectivity index (χ2n) is 5.03. The number of likely N-dealkylation sites (tertiary alicyclic amines) is 1. The number of carbonyl (C=O) groups is 1. The van der Waals surface area contributed by atoms with Crippen molar-refractivity contribution in [1.29, 1.82) is 0 Å². The minimum Gasteiger partial charge on any atom is -0.337 e. The fourth-order valence-corrected chi connectivity index (χ4v) is 2.42. The molecule has 0 bridgehead atoms. The number of aromatic nitrogens is 4. The summed E-state index contributed by atoms with van der Waals surface area (Å²) in [5.41, 5.74) is 0.421. The van der Waals surface area contributed by atoms with Crippen molar-refractivity contribution in [3.8, 4) is 0 Å². The average Bonchev–Trinajstić information content (AvgIpc) is 3.16. The number of hydrogen-bond donors (Lipinski definition) is 0. The summed E-state index contributed by atoms with van der Waals surface area (Å²) in [5, 5.41) is 7.30. The molecule has 1 atom stereocenters. The van der Waals surface area contributed by atoms with Crippen LogP contribution >= 0.6 is 0 Å². The Kier molecular flexibility index (Phi) is 3.38. The Morgan fingerprint density at radius 2 is 2.23 bits per heavy atom. The molecule has 1 saturated heterocycles. The molecule has 0 aliphatic carbocycles. The van der Waals surface area contributed by atoms with E-state index in [-0.39, 0.29) is 24.2 Å². The van der Waals surface area contributed by atoms with Crippen molar-refractivity contribution < 1.29 is 22.5 Å². The van der Waals surface area contributed by atoms with Gasteiger partial charge in [-0.3, -0.25) is 9.48 Å². The molecular formula is C12H12F3N5O2. The molecule has 3 heterocycles. The topological polar surface area (TPSA) is 77.0 Å².